The number of hydrogen-bond donors (Lipinski definition) is 3. The molecule has 0 fully saturated rings. The minimum absolute atomic E-state index is 0.0402. The van der Waals surface area contributed by atoms with E-state index in [0.717, 1.165) is 6.54 Å². The van der Waals surface area contributed by atoms with Crippen molar-refractivity contribution < 1.29 is 9.59 Å². The lowest BCUT2D eigenvalue weighted by molar-refractivity contribution is -0.126. The average molecular weight is 243 g/mol. The highest BCUT2D eigenvalue weighted by Gasteiger charge is 2.25. The van der Waals surface area contributed by atoms with Crippen molar-refractivity contribution >= 4 is 11.8 Å². The van der Waals surface area contributed by atoms with E-state index in [1.807, 2.05) is 34.6 Å². The van der Waals surface area contributed by atoms with Crippen LogP contribution in [0.4, 0.5) is 0 Å². The summed E-state index contributed by atoms with van der Waals surface area (Å²) >= 11 is 0. The minimum Gasteiger partial charge on any atom is -0.354 e. The maximum Gasteiger partial charge on any atom is 0.239 e. The molecule has 0 aromatic carbocycles. The van der Waals surface area contributed by atoms with E-state index in [-0.39, 0.29) is 17.9 Å². The van der Waals surface area contributed by atoms with E-state index in [1.165, 1.54) is 0 Å². The molecular formula is C12H25N3O2. The average Bonchev–Trinajstić information content (AvgIpc) is 2.15. The first-order valence-electron chi connectivity index (χ1n) is 6.12. The SMILES string of the molecule is CCNC(C)(C)C(=O)NCCC(=O)NC(C)C. The van der Waals surface area contributed by atoms with E-state index in [2.05, 4.69) is 16.0 Å². The minimum atomic E-state index is -0.594. The molecule has 0 aromatic rings. The van der Waals surface area contributed by atoms with Gasteiger partial charge in [0.15, 0.2) is 0 Å². The Bertz CT molecular complexity index is 262. The van der Waals surface area contributed by atoms with Crippen LogP contribution < -0.4 is 16.0 Å². The molecule has 2 amide bonds. The standard InChI is InChI=1S/C12H25N3O2/c1-6-14-12(4,5)11(17)13-8-7-10(16)15-9(2)3/h9,14H,6-8H2,1-5H3,(H,13,17)(H,15,16). The lowest BCUT2D eigenvalue weighted by Crippen LogP contribution is -2.53. The van der Waals surface area contributed by atoms with Crippen molar-refractivity contribution in [1.82, 2.24) is 16.0 Å². The summed E-state index contributed by atoms with van der Waals surface area (Å²) in [4.78, 5) is 23.1. The number of carbonyl (C=O) groups is 2. The van der Waals surface area contributed by atoms with Gasteiger partial charge in [-0.05, 0) is 34.2 Å². The molecule has 3 N–H and O–H groups in total. The Labute approximate surface area is 104 Å². The smallest absolute Gasteiger partial charge is 0.239 e. The molecule has 0 radical (unpaired) electrons. The molecular weight excluding hydrogens is 218 g/mol. The van der Waals surface area contributed by atoms with E-state index >= 15 is 0 Å². The molecule has 0 aliphatic heterocycles. The zero-order valence-corrected chi connectivity index (χ0v) is 11.5. The number of nitrogens with one attached hydrogen (secondary N) is 3. The monoisotopic (exact) mass is 243 g/mol. The van der Waals surface area contributed by atoms with Gasteiger partial charge in [0.2, 0.25) is 11.8 Å². The number of likely N-dealkylation sites (N-methyl/N-ethyl adjacent to an activating group) is 1. The van der Waals surface area contributed by atoms with E-state index in [4.69, 9.17) is 0 Å². The number of rotatable bonds is 7. The molecule has 0 heterocycles. The second kappa shape index (κ2) is 7.27. The van der Waals surface area contributed by atoms with Gasteiger partial charge in [-0.15, -0.1) is 0 Å². The highest BCUT2D eigenvalue weighted by atomic mass is 16.2. The fourth-order valence-electron chi connectivity index (χ4n) is 1.43. The van der Waals surface area contributed by atoms with Crippen LogP contribution in [0.1, 0.15) is 41.0 Å². The van der Waals surface area contributed by atoms with Gasteiger partial charge in [-0.3, -0.25) is 9.59 Å². The predicted octanol–water partition coefficient (Wildman–Crippen LogP) is 0.405. The third-order valence-corrected chi connectivity index (χ3v) is 2.27. The van der Waals surface area contributed by atoms with Gasteiger partial charge in [-0.2, -0.15) is 0 Å². The second-order valence-corrected chi connectivity index (χ2v) is 4.88. The Balaban J connectivity index is 3.89. The van der Waals surface area contributed by atoms with E-state index in [9.17, 15) is 9.59 Å². The van der Waals surface area contributed by atoms with Crippen LogP contribution in [0.15, 0.2) is 0 Å². The van der Waals surface area contributed by atoms with Crippen LogP contribution in [-0.4, -0.2) is 36.5 Å². The molecule has 0 bridgehead atoms. The summed E-state index contributed by atoms with van der Waals surface area (Å²) in [7, 11) is 0. The normalized spacial score (nSPS) is 11.4. The quantitative estimate of drug-likeness (QED) is 0.606. The van der Waals surface area contributed by atoms with Gasteiger partial charge in [0.25, 0.3) is 0 Å². The van der Waals surface area contributed by atoms with Crippen LogP contribution in [0.5, 0.6) is 0 Å². The number of amides is 2. The molecule has 0 aromatic heterocycles. The summed E-state index contributed by atoms with van der Waals surface area (Å²) in [5.41, 5.74) is -0.594. The molecule has 0 aliphatic rings. The Morgan fingerprint density at radius 3 is 2.29 bits per heavy atom. The molecule has 0 atom stereocenters. The summed E-state index contributed by atoms with van der Waals surface area (Å²) in [5.74, 6) is -0.127. The molecule has 0 spiro atoms. The molecule has 0 rings (SSSR count). The van der Waals surface area contributed by atoms with Crippen LogP contribution in [0.3, 0.4) is 0 Å². The third kappa shape index (κ3) is 6.94. The van der Waals surface area contributed by atoms with Crippen molar-refractivity contribution in [2.45, 2.75) is 52.6 Å². The van der Waals surface area contributed by atoms with Crippen LogP contribution in [0.25, 0.3) is 0 Å². The van der Waals surface area contributed by atoms with Crippen molar-refractivity contribution in [1.29, 1.82) is 0 Å². The Hall–Kier alpha value is -1.10. The fraction of sp³-hybridized carbons (Fsp3) is 0.833. The van der Waals surface area contributed by atoms with Crippen LogP contribution in [0, 0.1) is 0 Å². The lowest BCUT2D eigenvalue weighted by Gasteiger charge is -2.24. The molecule has 0 saturated heterocycles. The zero-order valence-electron chi connectivity index (χ0n) is 11.5. The predicted molar refractivity (Wildman–Crippen MR) is 68.7 cm³/mol. The first-order valence-corrected chi connectivity index (χ1v) is 6.12. The largest absolute Gasteiger partial charge is 0.354 e. The van der Waals surface area contributed by atoms with Crippen molar-refractivity contribution in [3.05, 3.63) is 0 Å². The molecule has 0 saturated carbocycles. The second-order valence-electron chi connectivity index (χ2n) is 4.88. The third-order valence-electron chi connectivity index (χ3n) is 2.27. The van der Waals surface area contributed by atoms with Crippen molar-refractivity contribution in [3.63, 3.8) is 0 Å². The molecule has 0 unspecified atom stereocenters. The Morgan fingerprint density at radius 2 is 1.82 bits per heavy atom. The summed E-state index contributed by atoms with van der Waals surface area (Å²) in [6, 6.07) is 0.136. The summed E-state index contributed by atoms with van der Waals surface area (Å²) in [6.07, 6.45) is 0.312. The Morgan fingerprint density at radius 1 is 1.24 bits per heavy atom. The van der Waals surface area contributed by atoms with Crippen LogP contribution >= 0.6 is 0 Å². The molecule has 17 heavy (non-hydrogen) atoms. The molecule has 0 aliphatic carbocycles. The van der Waals surface area contributed by atoms with Crippen molar-refractivity contribution in [3.8, 4) is 0 Å². The maximum atomic E-state index is 11.8. The van der Waals surface area contributed by atoms with E-state index < -0.39 is 5.54 Å². The van der Waals surface area contributed by atoms with E-state index in [1.54, 1.807) is 0 Å². The first kappa shape index (κ1) is 15.9. The van der Waals surface area contributed by atoms with Crippen molar-refractivity contribution in [2.75, 3.05) is 13.1 Å². The van der Waals surface area contributed by atoms with Crippen LogP contribution in [0.2, 0.25) is 0 Å². The van der Waals surface area contributed by atoms with Crippen molar-refractivity contribution in [2.24, 2.45) is 0 Å². The van der Waals surface area contributed by atoms with Gasteiger partial charge in [-0.1, -0.05) is 6.92 Å². The molecule has 5 heteroatoms. The maximum absolute atomic E-state index is 11.8. The highest BCUT2D eigenvalue weighted by Crippen LogP contribution is 2.01. The topological polar surface area (TPSA) is 70.2 Å². The number of hydrogen-bond acceptors (Lipinski definition) is 3. The first-order chi connectivity index (χ1) is 7.79. The highest BCUT2D eigenvalue weighted by molar-refractivity contribution is 5.86. The van der Waals surface area contributed by atoms with Gasteiger partial charge in [-0.25, -0.2) is 0 Å². The summed E-state index contributed by atoms with van der Waals surface area (Å²) < 4.78 is 0. The Kier molecular flexibility index (Phi) is 6.80. The summed E-state index contributed by atoms with van der Waals surface area (Å²) in [6.45, 7) is 10.5. The summed E-state index contributed by atoms with van der Waals surface area (Å²) in [5, 5.41) is 8.60. The van der Waals surface area contributed by atoms with E-state index in [0.29, 0.717) is 13.0 Å². The zero-order chi connectivity index (χ0) is 13.5. The van der Waals surface area contributed by atoms with Crippen LogP contribution in [-0.2, 0) is 9.59 Å². The number of carbonyl (C=O) groups excluding carboxylic acids is 2. The lowest BCUT2D eigenvalue weighted by atomic mass is 10.0. The van der Waals surface area contributed by atoms with Gasteiger partial charge >= 0.3 is 0 Å². The van der Waals surface area contributed by atoms with Gasteiger partial charge in [0, 0.05) is 19.0 Å². The van der Waals surface area contributed by atoms with Gasteiger partial charge in [0.1, 0.15) is 0 Å². The fourth-order valence-corrected chi connectivity index (χ4v) is 1.43. The van der Waals surface area contributed by atoms with Gasteiger partial charge < -0.3 is 16.0 Å². The molecule has 100 valence electrons. The van der Waals surface area contributed by atoms with Gasteiger partial charge in [0.05, 0.1) is 5.54 Å². The molecule has 5 nitrogen and oxygen atoms in total.